The highest BCUT2D eigenvalue weighted by Gasteiger charge is 2.24. The Labute approximate surface area is 184 Å². The quantitative estimate of drug-likeness (QED) is 0.583. The maximum absolute atomic E-state index is 12.7. The third kappa shape index (κ3) is 4.77. The van der Waals surface area contributed by atoms with Crippen LogP contribution in [0.4, 0.5) is 11.6 Å². The monoisotopic (exact) mass is 443 g/mol. The highest BCUT2D eigenvalue weighted by atomic mass is 35.5. The fourth-order valence-corrected chi connectivity index (χ4v) is 4.09. The molecule has 7 nitrogen and oxygen atoms in total. The van der Waals surface area contributed by atoms with Crippen LogP contribution < -0.4 is 10.2 Å². The van der Waals surface area contributed by atoms with Crippen molar-refractivity contribution >= 4 is 40.9 Å². The molecular weight excluding hydrogens is 422 g/mol. The van der Waals surface area contributed by atoms with E-state index in [1.165, 1.54) is 11.8 Å². The van der Waals surface area contributed by atoms with Crippen LogP contribution >= 0.6 is 23.4 Å². The van der Waals surface area contributed by atoms with Crippen LogP contribution in [0.2, 0.25) is 5.02 Å². The Hall–Kier alpha value is -2.55. The molecule has 1 aliphatic heterocycles. The van der Waals surface area contributed by atoms with E-state index in [-0.39, 0.29) is 11.2 Å². The van der Waals surface area contributed by atoms with Gasteiger partial charge in [-0.2, -0.15) is 0 Å². The van der Waals surface area contributed by atoms with E-state index in [4.69, 9.17) is 16.3 Å². The van der Waals surface area contributed by atoms with Gasteiger partial charge in [-0.25, -0.2) is 0 Å². The Bertz CT molecular complexity index is 990. The van der Waals surface area contributed by atoms with Crippen LogP contribution in [-0.2, 0) is 9.53 Å². The van der Waals surface area contributed by atoms with Crippen molar-refractivity contribution < 1.29 is 9.53 Å². The smallest absolute Gasteiger partial charge is 0.237 e. The fourth-order valence-electron chi connectivity index (χ4n) is 3.10. The first-order chi connectivity index (χ1) is 14.6. The zero-order valence-electron chi connectivity index (χ0n) is 16.5. The van der Waals surface area contributed by atoms with Gasteiger partial charge in [0.1, 0.15) is 0 Å². The number of benzene rings is 2. The number of thioether (sulfide) groups is 1. The molecule has 3 aromatic rings. The van der Waals surface area contributed by atoms with E-state index in [1.807, 2.05) is 41.8 Å². The summed E-state index contributed by atoms with van der Waals surface area (Å²) >= 11 is 7.29. The number of aromatic nitrogens is 3. The molecular formula is C21H22ClN5O2S. The number of hydrogen-bond acceptors (Lipinski definition) is 6. The van der Waals surface area contributed by atoms with Gasteiger partial charge in [-0.15, -0.1) is 10.2 Å². The van der Waals surface area contributed by atoms with Crippen LogP contribution in [0, 0.1) is 0 Å². The Morgan fingerprint density at radius 1 is 1.10 bits per heavy atom. The van der Waals surface area contributed by atoms with Gasteiger partial charge >= 0.3 is 0 Å². The summed E-state index contributed by atoms with van der Waals surface area (Å²) < 4.78 is 7.47. The van der Waals surface area contributed by atoms with Crippen molar-refractivity contribution in [3.05, 3.63) is 59.6 Å². The molecule has 1 atom stereocenters. The minimum atomic E-state index is -0.370. The predicted molar refractivity (Wildman–Crippen MR) is 120 cm³/mol. The van der Waals surface area contributed by atoms with Crippen LogP contribution in [0.15, 0.2) is 59.8 Å². The first-order valence-electron chi connectivity index (χ1n) is 9.68. The van der Waals surface area contributed by atoms with Crippen molar-refractivity contribution in [1.82, 2.24) is 14.8 Å². The minimum absolute atomic E-state index is 0.113. The molecule has 1 aliphatic rings. The van der Waals surface area contributed by atoms with Crippen molar-refractivity contribution in [3.8, 4) is 5.69 Å². The largest absolute Gasteiger partial charge is 0.378 e. The molecule has 0 spiro atoms. The number of nitrogens with one attached hydrogen (secondary N) is 1. The summed E-state index contributed by atoms with van der Waals surface area (Å²) in [5.74, 6) is 0.648. The standard InChI is InChI=1S/C21H22ClN5O2S/c1-15(19(28)23-17-9-7-16(22)8-10-17)30-21-25-24-20(26-11-13-29-14-12-26)27(21)18-5-3-2-4-6-18/h2-10,15H,11-14H2,1H3,(H,23,28). The number of ether oxygens (including phenoxy) is 1. The zero-order chi connectivity index (χ0) is 20.9. The summed E-state index contributed by atoms with van der Waals surface area (Å²) in [6, 6.07) is 17.0. The Morgan fingerprint density at radius 3 is 2.50 bits per heavy atom. The SMILES string of the molecule is CC(Sc1nnc(N2CCOCC2)n1-c1ccccc1)C(=O)Nc1ccc(Cl)cc1. The van der Waals surface area contributed by atoms with E-state index < -0.39 is 0 Å². The average molecular weight is 444 g/mol. The van der Waals surface area contributed by atoms with Gasteiger partial charge in [0.05, 0.1) is 24.2 Å². The molecule has 30 heavy (non-hydrogen) atoms. The lowest BCUT2D eigenvalue weighted by Crippen LogP contribution is -2.37. The van der Waals surface area contributed by atoms with Gasteiger partial charge in [0.15, 0.2) is 5.16 Å². The first-order valence-corrected chi connectivity index (χ1v) is 10.9. The molecule has 1 saturated heterocycles. The number of rotatable bonds is 6. The highest BCUT2D eigenvalue weighted by molar-refractivity contribution is 8.00. The van der Waals surface area contributed by atoms with Gasteiger partial charge in [0.2, 0.25) is 11.9 Å². The minimum Gasteiger partial charge on any atom is -0.378 e. The van der Waals surface area contributed by atoms with Crippen LogP contribution in [0.1, 0.15) is 6.92 Å². The normalized spacial score (nSPS) is 15.1. The molecule has 0 saturated carbocycles. The summed E-state index contributed by atoms with van der Waals surface area (Å²) in [5, 5.41) is 12.7. The number of anilines is 2. The van der Waals surface area contributed by atoms with E-state index in [1.54, 1.807) is 24.3 Å². The number of morpholine rings is 1. The zero-order valence-corrected chi connectivity index (χ0v) is 18.1. The van der Waals surface area contributed by atoms with Crippen LogP contribution in [0.25, 0.3) is 5.69 Å². The maximum Gasteiger partial charge on any atom is 0.237 e. The van der Waals surface area contributed by atoms with Gasteiger partial charge in [0.25, 0.3) is 0 Å². The Morgan fingerprint density at radius 2 is 1.80 bits per heavy atom. The summed E-state index contributed by atoms with van der Waals surface area (Å²) in [6.07, 6.45) is 0. The second kappa shape index (κ2) is 9.51. The second-order valence-corrected chi connectivity index (χ2v) is 8.55. The van der Waals surface area contributed by atoms with Gasteiger partial charge < -0.3 is 15.0 Å². The van der Waals surface area contributed by atoms with Crippen molar-refractivity contribution in [2.75, 3.05) is 36.5 Å². The van der Waals surface area contributed by atoms with Crippen molar-refractivity contribution in [1.29, 1.82) is 0 Å². The molecule has 2 aromatic carbocycles. The van der Waals surface area contributed by atoms with Gasteiger partial charge in [-0.05, 0) is 43.3 Å². The fraction of sp³-hybridized carbons (Fsp3) is 0.286. The van der Waals surface area contributed by atoms with Gasteiger partial charge in [-0.3, -0.25) is 9.36 Å². The van der Waals surface area contributed by atoms with Crippen LogP contribution in [-0.4, -0.2) is 52.2 Å². The number of nitrogens with zero attached hydrogens (tertiary/aromatic N) is 4. The molecule has 9 heteroatoms. The van der Waals surface area contributed by atoms with Crippen molar-refractivity contribution in [2.24, 2.45) is 0 Å². The van der Waals surface area contributed by atoms with Crippen LogP contribution in [0.5, 0.6) is 0 Å². The molecule has 4 rings (SSSR count). The molecule has 1 aromatic heterocycles. The molecule has 0 radical (unpaired) electrons. The summed E-state index contributed by atoms with van der Waals surface area (Å²) in [4.78, 5) is 14.9. The summed E-state index contributed by atoms with van der Waals surface area (Å²) in [5.41, 5.74) is 1.66. The highest BCUT2D eigenvalue weighted by Crippen LogP contribution is 2.30. The maximum atomic E-state index is 12.7. The topological polar surface area (TPSA) is 72.3 Å². The molecule has 1 fully saturated rings. The molecule has 1 N–H and O–H groups in total. The van der Waals surface area contributed by atoms with E-state index in [2.05, 4.69) is 20.4 Å². The number of carbonyl (C=O) groups is 1. The predicted octanol–water partition coefficient (Wildman–Crippen LogP) is 3.88. The number of carbonyl (C=O) groups excluding carboxylic acids is 1. The number of halogens is 1. The summed E-state index contributed by atoms with van der Waals surface area (Å²) in [7, 11) is 0. The van der Waals surface area contributed by atoms with E-state index in [0.29, 0.717) is 29.1 Å². The number of para-hydroxylation sites is 1. The van der Waals surface area contributed by atoms with Crippen molar-refractivity contribution in [2.45, 2.75) is 17.3 Å². The molecule has 0 bridgehead atoms. The second-order valence-electron chi connectivity index (χ2n) is 6.81. The van der Waals surface area contributed by atoms with E-state index in [0.717, 1.165) is 24.7 Å². The lowest BCUT2D eigenvalue weighted by molar-refractivity contribution is -0.115. The lowest BCUT2D eigenvalue weighted by Gasteiger charge is -2.28. The van der Waals surface area contributed by atoms with Gasteiger partial charge in [-0.1, -0.05) is 41.6 Å². The molecule has 2 heterocycles. The molecule has 1 amide bonds. The van der Waals surface area contributed by atoms with E-state index in [9.17, 15) is 4.79 Å². The molecule has 156 valence electrons. The average Bonchev–Trinajstić information content (AvgIpc) is 3.20. The third-order valence-electron chi connectivity index (χ3n) is 4.69. The Balaban J connectivity index is 1.56. The number of amides is 1. The Kier molecular flexibility index (Phi) is 6.56. The lowest BCUT2D eigenvalue weighted by atomic mass is 10.3. The van der Waals surface area contributed by atoms with E-state index >= 15 is 0 Å². The summed E-state index contributed by atoms with van der Waals surface area (Å²) in [6.45, 7) is 4.67. The van der Waals surface area contributed by atoms with Crippen molar-refractivity contribution in [3.63, 3.8) is 0 Å². The molecule has 1 unspecified atom stereocenters. The molecule has 0 aliphatic carbocycles. The van der Waals surface area contributed by atoms with Gasteiger partial charge in [0, 0.05) is 23.8 Å². The number of hydrogen-bond donors (Lipinski definition) is 1. The third-order valence-corrected chi connectivity index (χ3v) is 5.98. The van der Waals surface area contributed by atoms with Crippen LogP contribution in [0.3, 0.4) is 0 Å². The first kappa shape index (κ1) is 20.7.